The highest BCUT2D eigenvalue weighted by Crippen LogP contribution is 2.29. The van der Waals surface area contributed by atoms with Gasteiger partial charge in [0.05, 0.1) is 7.11 Å². The number of anilines is 1. The summed E-state index contributed by atoms with van der Waals surface area (Å²) in [5.41, 5.74) is 1.59. The Balaban J connectivity index is 2.35. The molecular weight excluding hydrogens is 390 g/mol. The summed E-state index contributed by atoms with van der Waals surface area (Å²) in [6, 6.07) is 13.6. The minimum atomic E-state index is -2.64. The Morgan fingerprint density at radius 3 is 1.86 bits per heavy atom. The van der Waals surface area contributed by atoms with Gasteiger partial charge in [0, 0.05) is 17.0 Å². The third kappa shape index (κ3) is 6.05. The van der Waals surface area contributed by atoms with Crippen molar-refractivity contribution in [3.8, 4) is 16.9 Å². The average Bonchev–Trinajstić information content (AvgIpc) is 2.64. The minimum absolute atomic E-state index is 0.274. The van der Waals surface area contributed by atoms with Gasteiger partial charge in [0.1, 0.15) is 17.4 Å². The summed E-state index contributed by atoms with van der Waals surface area (Å²) in [6.07, 6.45) is 0. The van der Waals surface area contributed by atoms with Crippen molar-refractivity contribution in [2.75, 3.05) is 11.4 Å². The summed E-state index contributed by atoms with van der Waals surface area (Å²) in [6.45, 7) is 8.85. The van der Waals surface area contributed by atoms with Crippen LogP contribution in [0.4, 0.5) is 5.69 Å². The molecule has 0 bridgehead atoms. The average molecular weight is 419 g/mol. The molecule has 0 N–H and O–H groups in total. The molecule has 0 aromatic heterocycles. The Morgan fingerprint density at radius 2 is 1.48 bits per heavy atom. The van der Waals surface area contributed by atoms with Gasteiger partial charge in [-0.05, 0) is 62.1 Å². The number of methoxy groups -OCH3 is 1. The van der Waals surface area contributed by atoms with Crippen LogP contribution < -0.4 is 9.04 Å². The van der Waals surface area contributed by atoms with E-state index in [2.05, 4.69) is 0 Å². The maximum absolute atomic E-state index is 12.7. The molecule has 0 amide bonds. The van der Waals surface area contributed by atoms with Crippen LogP contribution in [0.5, 0.6) is 5.75 Å². The van der Waals surface area contributed by atoms with Crippen LogP contribution in [-0.2, 0) is 20.8 Å². The molecule has 2 unspecified atom stereocenters. The zero-order chi connectivity index (χ0) is 21.8. The maximum Gasteiger partial charge on any atom is 0.330 e. The Morgan fingerprint density at radius 1 is 1.00 bits per heavy atom. The molecule has 2 aromatic rings. The first-order chi connectivity index (χ1) is 13.5. The van der Waals surface area contributed by atoms with Gasteiger partial charge < -0.3 is 14.0 Å². The fourth-order valence-electron chi connectivity index (χ4n) is 2.92. The summed E-state index contributed by atoms with van der Waals surface area (Å²) in [5.74, 6) is -0.0876. The number of hydrogen-bond acceptors (Lipinski definition) is 5. The summed E-state index contributed by atoms with van der Waals surface area (Å²) in [4.78, 5) is 12.7. The van der Waals surface area contributed by atoms with Gasteiger partial charge in [-0.25, -0.2) is 4.79 Å². The number of benzene rings is 2. The fraction of sp³-hybridized carbons (Fsp3) is 0.409. The number of rotatable bonds is 7. The van der Waals surface area contributed by atoms with E-state index in [0.29, 0.717) is 5.69 Å². The van der Waals surface area contributed by atoms with Gasteiger partial charge in [0.2, 0.25) is 0 Å². The topological polar surface area (TPSA) is 78.9 Å². The lowest BCUT2D eigenvalue weighted by atomic mass is 10.0. The first kappa shape index (κ1) is 22.9. The second kappa shape index (κ2) is 9.41. The largest absolute Gasteiger partial charge is 0.755 e. The SMILES string of the molecule is COc1ccc(-c2ccc(N(C(C(=O)OC(C)(C)C)C(C)C)S(=O)[O-])cc2)cc1. The van der Waals surface area contributed by atoms with Crippen LogP contribution in [0.1, 0.15) is 34.6 Å². The zero-order valence-corrected chi connectivity index (χ0v) is 18.5. The summed E-state index contributed by atoms with van der Waals surface area (Å²) >= 11 is -2.64. The summed E-state index contributed by atoms with van der Waals surface area (Å²) in [7, 11) is 1.61. The van der Waals surface area contributed by atoms with E-state index < -0.39 is 28.9 Å². The molecular formula is C22H28NO5S-. The van der Waals surface area contributed by atoms with E-state index in [-0.39, 0.29) is 5.92 Å². The molecule has 0 heterocycles. The number of hydrogen-bond donors (Lipinski definition) is 0. The molecule has 0 aliphatic carbocycles. The van der Waals surface area contributed by atoms with Crippen molar-refractivity contribution in [3.63, 3.8) is 0 Å². The van der Waals surface area contributed by atoms with E-state index in [9.17, 15) is 13.6 Å². The Bertz CT molecular complexity index is 841. The van der Waals surface area contributed by atoms with Crippen molar-refractivity contribution in [2.45, 2.75) is 46.3 Å². The Kier molecular flexibility index (Phi) is 7.43. The van der Waals surface area contributed by atoms with Crippen LogP contribution in [0, 0.1) is 5.92 Å². The van der Waals surface area contributed by atoms with Crippen molar-refractivity contribution in [1.29, 1.82) is 0 Å². The molecule has 0 aliphatic rings. The van der Waals surface area contributed by atoms with E-state index in [1.807, 2.05) is 36.4 Å². The zero-order valence-electron chi connectivity index (χ0n) is 17.7. The second-order valence-corrected chi connectivity index (χ2v) is 8.87. The number of nitrogens with zero attached hydrogens (tertiary/aromatic N) is 1. The van der Waals surface area contributed by atoms with Gasteiger partial charge in [-0.1, -0.05) is 38.1 Å². The predicted molar refractivity (Wildman–Crippen MR) is 114 cm³/mol. The van der Waals surface area contributed by atoms with Gasteiger partial charge >= 0.3 is 5.97 Å². The van der Waals surface area contributed by atoms with Gasteiger partial charge in [-0.2, -0.15) is 0 Å². The van der Waals surface area contributed by atoms with Crippen LogP contribution in [0.2, 0.25) is 0 Å². The molecule has 158 valence electrons. The van der Waals surface area contributed by atoms with Crippen molar-refractivity contribution >= 4 is 22.9 Å². The molecule has 2 aromatic carbocycles. The van der Waals surface area contributed by atoms with E-state index in [0.717, 1.165) is 21.2 Å². The molecule has 0 spiro atoms. The highest BCUT2D eigenvalue weighted by molar-refractivity contribution is 7.80. The van der Waals surface area contributed by atoms with Crippen molar-refractivity contribution in [2.24, 2.45) is 5.92 Å². The Labute approximate surface area is 175 Å². The van der Waals surface area contributed by atoms with E-state index >= 15 is 0 Å². The molecule has 0 saturated carbocycles. The molecule has 2 rings (SSSR count). The minimum Gasteiger partial charge on any atom is -0.755 e. The first-order valence-corrected chi connectivity index (χ1v) is 10.4. The number of ether oxygens (including phenoxy) is 2. The third-order valence-electron chi connectivity index (χ3n) is 4.24. The monoisotopic (exact) mass is 418 g/mol. The van der Waals surface area contributed by atoms with E-state index in [1.165, 1.54) is 0 Å². The molecule has 0 saturated heterocycles. The highest BCUT2D eigenvalue weighted by Gasteiger charge is 2.34. The van der Waals surface area contributed by atoms with Crippen LogP contribution in [-0.4, -0.2) is 33.5 Å². The lowest BCUT2D eigenvalue weighted by molar-refractivity contribution is -0.157. The number of esters is 1. The smallest absolute Gasteiger partial charge is 0.330 e. The van der Waals surface area contributed by atoms with Crippen LogP contribution >= 0.6 is 0 Å². The van der Waals surface area contributed by atoms with Gasteiger partial charge in [0.25, 0.3) is 0 Å². The standard InChI is InChI=1S/C22H29NO5S/c1-15(2)20(21(24)28-22(3,4)5)23(29(25)26)18-11-7-16(8-12-18)17-9-13-19(27-6)14-10-17/h7-15,20H,1-6H3,(H,25,26)/p-1. The van der Waals surface area contributed by atoms with Gasteiger partial charge in [-0.3, -0.25) is 8.51 Å². The first-order valence-electron chi connectivity index (χ1n) is 9.39. The van der Waals surface area contributed by atoms with Crippen molar-refractivity contribution in [1.82, 2.24) is 0 Å². The molecule has 0 radical (unpaired) electrons. The van der Waals surface area contributed by atoms with Crippen LogP contribution in [0.3, 0.4) is 0 Å². The van der Waals surface area contributed by atoms with Gasteiger partial charge in [-0.15, -0.1) is 0 Å². The molecule has 0 aliphatic heterocycles. The highest BCUT2D eigenvalue weighted by atomic mass is 32.2. The maximum atomic E-state index is 12.7. The Hall–Kier alpha value is -2.38. The molecule has 0 fully saturated rings. The van der Waals surface area contributed by atoms with Crippen molar-refractivity contribution in [3.05, 3.63) is 48.5 Å². The number of carbonyl (C=O) groups excluding carboxylic acids is 1. The van der Waals surface area contributed by atoms with Crippen LogP contribution in [0.15, 0.2) is 48.5 Å². The van der Waals surface area contributed by atoms with E-state index in [4.69, 9.17) is 9.47 Å². The summed E-state index contributed by atoms with van der Waals surface area (Å²) in [5, 5.41) is 0. The van der Waals surface area contributed by atoms with Crippen molar-refractivity contribution < 1.29 is 23.0 Å². The lowest BCUT2D eigenvalue weighted by Crippen LogP contribution is -2.48. The molecule has 29 heavy (non-hydrogen) atoms. The fourth-order valence-corrected chi connectivity index (χ4v) is 3.73. The third-order valence-corrected chi connectivity index (χ3v) is 5.00. The molecule has 7 heteroatoms. The second-order valence-electron chi connectivity index (χ2n) is 8.04. The van der Waals surface area contributed by atoms with E-state index in [1.54, 1.807) is 53.9 Å². The predicted octanol–water partition coefficient (Wildman–Crippen LogP) is 4.33. The summed E-state index contributed by atoms with van der Waals surface area (Å²) < 4.78 is 35.8. The number of carbonyl (C=O) groups is 1. The van der Waals surface area contributed by atoms with Gasteiger partial charge in [0.15, 0.2) is 0 Å². The lowest BCUT2D eigenvalue weighted by Gasteiger charge is -2.36. The molecule has 6 nitrogen and oxygen atoms in total. The van der Waals surface area contributed by atoms with Crippen LogP contribution in [0.25, 0.3) is 11.1 Å². The quantitative estimate of drug-likeness (QED) is 0.494. The molecule has 2 atom stereocenters. The normalized spacial score (nSPS) is 13.7.